The zero-order valence-corrected chi connectivity index (χ0v) is 15.7. The van der Waals surface area contributed by atoms with E-state index in [1.54, 1.807) is 24.3 Å². The molecule has 0 aromatic heterocycles. The Bertz CT molecular complexity index is 1050. The van der Waals surface area contributed by atoms with Gasteiger partial charge >= 0.3 is 0 Å². The van der Waals surface area contributed by atoms with Crippen LogP contribution in [0.3, 0.4) is 0 Å². The van der Waals surface area contributed by atoms with Crippen molar-refractivity contribution in [3.8, 4) is 0 Å². The highest BCUT2D eigenvalue weighted by atomic mass is 16.6. The normalized spacial score (nSPS) is 11.3. The lowest BCUT2D eigenvalue weighted by molar-refractivity contribution is -0.384. The van der Waals surface area contributed by atoms with Crippen molar-refractivity contribution in [1.29, 1.82) is 0 Å². The van der Waals surface area contributed by atoms with Crippen molar-refractivity contribution < 1.29 is 14.5 Å². The lowest BCUT2D eigenvalue weighted by Crippen LogP contribution is -2.26. The molecule has 2 amide bonds. The Hall–Kier alpha value is -4.00. The Morgan fingerprint density at radius 1 is 0.862 bits per heavy atom. The Balaban J connectivity index is 1.70. The number of rotatable bonds is 6. The van der Waals surface area contributed by atoms with Gasteiger partial charge in [-0.1, -0.05) is 42.5 Å². The van der Waals surface area contributed by atoms with Crippen molar-refractivity contribution in [2.75, 3.05) is 5.32 Å². The number of amides is 2. The number of nitrogens with one attached hydrogen (secondary N) is 2. The first kappa shape index (κ1) is 19.8. The fourth-order valence-electron chi connectivity index (χ4n) is 2.81. The predicted octanol–water partition coefficient (Wildman–Crippen LogP) is 4.34. The molecule has 2 N–H and O–H groups in total. The molecule has 0 aliphatic carbocycles. The zero-order chi connectivity index (χ0) is 20.8. The second kappa shape index (κ2) is 8.79. The molecular formula is C22H19N3O4. The number of hydrogen-bond donors (Lipinski definition) is 2. The quantitative estimate of drug-likeness (QED) is 0.484. The zero-order valence-electron chi connectivity index (χ0n) is 15.7. The number of anilines is 1. The SMILES string of the molecule is CC(NC(=O)c1cccc(NC(=O)c2cccc([N+](=O)[O-])c2)c1)c1ccccc1. The third-order valence-corrected chi connectivity index (χ3v) is 4.35. The molecule has 0 aliphatic rings. The van der Waals surface area contributed by atoms with Crippen LogP contribution >= 0.6 is 0 Å². The standard InChI is InChI=1S/C22H19N3O4/c1-15(16-7-3-2-4-8-16)23-21(26)17-9-5-11-19(13-17)24-22(27)18-10-6-12-20(14-18)25(28)29/h2-15H,1H3,(H,23,26)(H,24,27). The number of non-ortho nitro benzene ring substituents is 1. The second-order valence-electron chi connectivity index (χ2n) is 6.45. The van der Waals surface area contributed by atoms with Crippen molar-refractivity contribution in [3.63, 3.8) is 0 Å². The van der Waals surface area contributed by atoms with Crippen LogP contribution in [0.1, 0.15) is 39.2 Å². The molecule has 29 heavy (non-hydrogen) atoms. The van der Waals surface area contributed by atoms with Crippen LogP contribution in [0.5, 0.6) is 0 Å². The Morgan fingerprint density at radius 2 is 1.52 bits per heavy atom. The Labute approximate surface area is 167 Å². The summed E-state index contributed by atoms with van der Waals surface area (Å²) in [6, 6.07) is 21.4. The van der Waals surface area contributed by atoms with Gasteiger partial charge in [-0.05, 0) is 36.8 Å². The first-order valence-corrected chi connectivity index (χ1v) is 8.96. The van der Waals surface area contributed by atoms with E-state index in [4.69, 9.17) is 0 Å². The van der Waals surface area contributed by atoms with Gasteiger partial charge in [-0.3, -0.25) is 19.7 Å². The topological polar surface area (TPSA) is 101 Å². The minimum Gasteiger partial charge on any atom is -0.346 e. The smallest absolute Gasteiger partial charge is 0.270 e. The first-order chi connectivity index (χ1) is 13.9. The largest absolute Gasteiger partial charge is 0.346 e. The maximum atomic E-state index is 12.6. The summed E-state index contributed by atoms with van der Waals surface area (Å²) in [5.41, 5.74) is 1.79. The average Bonchev–Trinajstić information content (AvgIpc) is 2.74. The molecule has 3 aromatic carbocycles. The van der Waals surface area contributed by atoms with Gasteiger partial charge < -0.3 is 10.6 Å². The minimum absolute atomic E-state index is 0.159. The van der Waals surface area contributed by atoms with Crippen LogP contribution < -0.4 is 10.6 Å². The highest BCUT2D eigenvalue weighted by Crippen LogP contribution is 2.17. The number of carbonyl (C=O) groups is 2. The van der Waals surface area contributed by atoms with E-state index in [1.807, 2.05) is 37.3 Å². The number of hydrogen-bond acceptors (Lipinski definition) is 4. The lowest BCUT2D eigenvalue weighted by atomic mass is 10.1. The number of carbonyl (C=O) groups excluding carboxylic acids is 2. The van der Waals surface area contributed by atoms with Gasteiger partial charge in [0.25, 0.3) is 17.5 Å². The van der Waals surface area contributed by atoms with Crippen LogP contribution in [0, 0.1) is 10.1 Å². The van der Waals surface area contributed by atoms with Gasteiger partial charge in [-0.2, -0.15) is 0 Å². The highest BCUT2D eigenvalue weighted by molar-refractivity contribution is 6.05. The molecule has 3 rings (SSSR count). The maximum absolute atomic E-state index is 12.6. The van der Waals surface area contributed by atoms with Crippen LogP contribution in [-0.2, 0) is 0 Å². The third-order valence-electron chi connectivity index (χ3n) is 4.35. The van der Waals surface area contributed by atoms with Crippen LogP contribution in [0.15, 0.2) is 78.9 Å². The van der Waals surface area contributed by atoms with Gasteiger partial charge in [0.2, 0.25) is 0 Å². The molecule has 0 bridgehead atoms. The highest BCUT2D eigenvalue weighted by Gasteiger charge is 2.14. The van der Waals surface area contributed by atoms with E-state index in [2.05, 4.69) is 10.6 Å². The molecule has 0 saturated carbocycles. The molecule has 0 radical (unpaired) electrons. The van der Waals surface area contributed by atoms with E-state index >= 15 is 0 Å². The molecule has 0 heterocycles. The van der Waals surface area contributed by atoms with Gasteiger partial charge in [0.15, 0.2) is 0 Å². The van der Waals surface area contributed by atoms with Crippen molar-refractivity contribution in [2.45, 2.75) is 13.0 Å². The van der Waals surface area contributed by atoms with Crippen LogP contribution in [0.2, 0.25) is 0 Å². The van der Waals surface area contributed by atoms with E-state index in [1.165, 1.54) is 24.3 Å². The molecule has 146 valence electrons. The fraction of sp³-hybridized carbons (Fsp3) is 0.0909. The fourth-order valence-corrected chi connectivity index (χ4v) is 2.81. The molecule has 0 aliphatic heterocycles. The number of nitro groups is 1. The number of benzene rings is 3. The monoisotopic (exact) mass is 389 g/mol. The average molecular weight is 389 g/mol. The molecule has 0 fully saturated rings. The Kier molecular flexibility index (Phi) is 5.99. The van der Waals surface area contributed by atoms with E-state index < -0.39 is 10.8 Å². The van der Waals surface area contributed by atoms with Crippen molar-refractivity contribution >= 4 is 23.2 Å². The summed E-state index contributed by atoms with van der Waals surface area (Å²) in [5, 5.41) is 16.5. The molecule has 1 unspecified atom stereocenters. The van der Waals surface area contributed by atoms with Gasteiger partial charge in [-0.15, -0.1) is 0 Å². The van der Waals surface area contributed by atoms with Crippen molar-refractivity contribution in [2.24, 2.45) is 0 Å². The van der Waals surface area contributed by atoms with Gasteiger partial charge in [0.05, 0.1) is 11.0 Å². The summed E-state index contributed by atoms with van der Waals surface area (Å²) in [7, 11) is 0. The molecule has 0 spiro atoms. The van der Waals surface area contributed by atoms with E-state index in [-0.39, 0.29) is 23.2 Å². The lowest BCUT2D eigenvalue weighted by Gasteiger charge is -2.15. The summed E-state index contributed by atoms with van der Waals surface area (Å²) in [5.74, 6) is -0.767. The van der Waals surface area contributed by atoms with E-state index in [0.29, 0.717) is 11.3 Å². The van der Waals surface area contributed by atoms with Gasteiger partial charge in [0, 0.05) is 28.9 Å². The van der Waals surface area contributed by atoms with Crippen molar-refractivity contribution in [3.05, 3.63) is 106 Å². The second-order valence-corrected chi connectivity index (χ2v) is 6.45. The maximum Gasteiger partial charge on any atom is 0.270 e. The van der Waals surface area contributed by atoms with E-state index in [9.17, 15) is 19.7 Å². The number of nitrogens with zero attached hydrogens (tertiary/aromatic N) is 1. The predicted molar refractivity (Wildman–Crippen MR) is 110 cm³/mol. The van der Waals surface area contributed by atoms with Gasteiger partial charge in [-0.25, -0.2) is 0 Å². The van der Waals surface area contributed by atoms with Crippen LogP contribution in [0.25, 0.3) is 0 Å². The summed E-state index contributed by atoms with van der Waals surface area (Å²) in [6.45, 7) is 1.89. The minimum atomic E-state index is -0.560. The van der Waals surface area contributed by atoms with Crippen molar-refractivity contribution in [1.82, 2.24) is 5.32 Å². The number of nitro benzene ring substituents is 1. The summed E-state index contributed by atoms with van der Waals surface area (Å²) >= 11 is 0. The first-order valence-electron chi connectivity index (χ1n) is 8.96. The molecule has 1 atom stereocenters. The Morgan fingerprint density at radius 3 is 2.21 bits per heavy atom. The van der Waals surface area contributed by atoms with Gasteiger partial charge in [0.1, 0.15) is 0 Å². The summed E-state index contributed by atoms with van der Waals surface area (Å²) in [6.07, 6.45) is 0. The summed E-state index contributed by atoms with van der Waals surface area (Å²) in [4.78, 5) is 35.3. The van der Waals surface area contributed by atoms with Crippen LogP contribution in [0.4, 0.5) is 11.4 Å². The van der Waals surface area contributed by atoms with E-state index in [0.717, 1.165) is 5.56 Å². The molecule has 3 aromatic rings. The molecule has 7 heteroatoms. The summed E-state index contributed by atoms with van der Waals surface area (Å²) < 4.78 is 0. The molecule has 0 saturated heterocycles. The molecule has 7 nitrogen and oxygen atoms in total. The third kappa shape index (κ3) is 5.04. The van der Waals surface area contributed by atoms with Crippen LogP contribution in [-0.4, -0.2) is 16.7 Å². The molecular weight excluding hydrogens is 370 g/mol.